The van der Waals surface area contributed by atoms with Crippen LogP contribution in [-0.2, 0) is 11.5 Å². The van der Waals surface area contributed by atoms with Crippen LogP contribution in [0.4, 0.5) is 0 Å². The highest BCUT2D eigenvalue weighted by atomic mass is 28.3. The fourth-order valence-corrected chi connectivity index (χ4v) is 3.07. The van der Waals surface area contributed by atoms with Gasteiger partial charge in [-0.05, 0) is 13.0 Å². The van der Waals surface area contributed by atoms with E-state index in [1.165, 1.54) is 0 Å². The van der Waals surface area contributed by atoms with Gasteiger partial charge >= 0.3 is 0 Å². The highest BCUT2D eigenvalue weighted by molar-refractivity contribution is 6.76. The standard InChI is InChI=1S/C17H24N2O2Si/c1-14-17(15-8-6-5-7-9-15)19(16(12-20)18-14)13-21-10-11-22(2,3)4/h5-9,12H,10-11,13H2,1-4H3. The Morgan fingerprint density at radius 2 is 1.91 bits per heavy atom. The van der Waals surface area contributed by atoms with Crippen molar-refractivity contribution in [1.82, 2.24) is 9.55 Å². The number of rotatable bonds is 7. The summed E-state index contributed by atoms with van der Waals surface area (Å²) < 4.78 is 7.68. The monoisotopic (exact) mass is 316 g/mol. The van der Waals surface area contributed by atoms with Crippen molar-refractivity contribution < 1.29 is 9.53 Å². The van der Waals surface area contributed by atoms with Gasteiger partial charge in [0.05, 0.1) is 11.4 Å². The summed E-state index contributed by atoms with van der Waals surface area (Å²) in [4.78, 5) is 15.6. The van der Waals surface area contributed by atoms with E-state index in [1.54, 1.807) is 0 Å². The number of aldehydes is 1. The predicted molar refractivity (Wildman–Crippen MR) is 91.9 cm³/mol. The topological polar surface area (TPSA) is 44.1 Å². The number of aromatic nitrogens is 2. The predicted octanol–water partition coefficient (Wildman–Crippen LogP) is 3.98. The SMILES string of the molecule is Cc1nc(C=O)n(COCC[Si](C)(C)C)c1-c1ccccc1. The van der Waals surface area contributed by atoms with Crippen LogP contribution in [0.3, 0.4) is 0 Å². The van der Waals surface area contributed by atoms with Gasteiger partial charge in [-0.2, -0.15) is 0 Å². The van der Waals surface area contributed by atoms with Gasteiger partial charge in [-0.25, -0.2) is 4.98 Å². The van der Waals surface area contributed by atoms with E-state index >= 15 is 0 Å². The molecule has 0 spiro atoms. The number of hydrogen-bond acceptors (Lipinski definition) is 3. The first-order valence-electron chi connectivity index (χ1n) is 7.58. The number of nitrogens with zero attached hydrogens (tertiary/aromatic N) is 2. The van der Waals surface area contributed by atoms with E-state index in [1.807, 2.05) is 41.8 Å². The summed E-state index contributed by atoms with van der Waals surface area (Å²) in [5.74, 6) is 0.421. The van der Waals surface area contributed by atoms with E-state index in [0.717, 1.165) is 35.9 Å². The van der Waals surface area contributed by atoms with Gasteiger partial charge in [0, 0.05) is 20.2 Å². The Labute approximate surface area is 133 Å². The van der Waals surface area contributed by atoms with E-state index in [0.29, 0.717) is 12.6 Å². The highest BCUT2D eigenvalue weighted by Crippen LogP contribution is 2.24. The molecule has 1 heterocycles. The molecule has 2 aromatic rings. The number of benzene rings is 1. The Morgan fingerprint density at radius 1 is 1.23 bits per heavy atom. The molecule has 0 unspecified atom stereocenters. The second-order valence-corrected chi connectivity index (χ2v) is 12.3. The fraction of sp³-hybridized carbons (Fsp3) is 0.412. The lowest BCUT2D eigenvalue weighted by Crippen LogP contribution is -2.22. The van der Waals surface area contributed by atoms with Gasteiger partial charge in [0.2, 0.25) is 0 Å². The fourth-order valence-electron chi connectivity index (χ4n) is 2.31. The minimum absolute atomic E-state index is 0.365. The Balaban J connectivity index is 2.20. The number of aryl methyl sites for hydroxylation is 1. The van der Waals surface area contributed by atoms with Gasteiger partial charge in [-0.1, -0.05) is 50.0 Å². The lowest BCUT2D eigenvalue weighted by molar-refractivity contribution is 0.0841. The molecule has 1 aromatic carbocycles. The normalized spacial score (nSPS) is 11.6. The molecule has 0 radical (unpaired) electrons. The molecule has 2 rings (SSSR count). The molecule has 0 saturated carbocycles. The molecule has 4 nitrogen and oxygen atoms in total. The molecule has 0 saturated heterocycles. The number of carbonyl (C=O) groups is 1. The van der Waals surface area contributed by atoms with Crippen LogP contribution in [-0.4, -0.2) is 30.5 Å². The third-order valence-corrected chi connectivity index (χ3v) is 5.24. The molecule has 0 aliphatic heterocycles. The molecular weight excluding hydrogens is 292 g/mol. The number of imidazole rings is 1. The molecule has 0 amide bonds. The molecule has 0 aliphatic carbocycles. The van der Waals surface area contributed by atoms with E-state index in [-0.39, 0.29) is 0 Å². The molecule has 0 aliphatic rings. The first kappa shape index (κ1) is 16.6. The van der Waals surface area contributed by atoms with Crippen LogP contribution < -0.4 is 0 Å². The lowest BCUT2D eigenvalue weighted by atomic mass is 10.1. The van der Waals surface area contributed by atoms with Crippen LogP contribution in [0.15, 0.2) is 30.3 Å². The second-order valence-electron chi connectivity index (χ2n) is 6.66. The zero-order chi connectivity index (χ0) is 16.2. The second kappa shape index (κ2) is 7.02. The molecule has 5 heteroatoms. The van der Waals surface area contributed by atoms with Gasteiger partial charge in [0.1, 0.15) is 6.73 Å². The molecule has 0 bridgehead atoms. The van der Waals surface area contributed by atoms with Crippen molar-refractivity contribution in [2.45, 2.75) is 39.3 Å². The number of hydrogen-bond donors (Lipinski definition) is 0. The third kappa shape index (κ3) is 4.15. The van der Waals surface area contributed by atoms with E-state index in [4.69, 9.17) is 4.74 Å². The van der Waals surface area contributed by atoms with E-state index < -0.39 is 8.07 Å². The van der Waals surface area contributed by atoms with Gasteiger partial charge in [-0.3, -0.25) is 9.36 Å². The smallest absolute Gasteiger partial charge is 0.185 e. The number of carbonyl (C=O) groups excluding carboxylic acids is 1. The summed E-state index contributed by atoms with van der Waals surface area (Å²) in [6.07, 6.45) is 0.793. The summed E-state index contributed by atoms with van der Waals surface area (Å²) in [6, 6.07) is 11.1. The van der Waals surface area contributed by atoms with Crippen molar-refractivity contribution in [3.05, 3.63) is 41.9 Å². The third-order valence-electron chi connectivity index (χ3n) is 3.54. The first-order valence-corrected chi connectivity index (χ1v) is 11.3. The Hall–Kier alpha value is -1.72. The Bertz CT molecular complexity index is 630. The van der Waals surface area contributed by atoms with Crippen molar-refractivity contribution >= 4 is 14.4 Å². The summed E-state index contributed by atoms with van der Waals surface area (Å²) in [6.45, 7) is 9.98. The zero-order valence-electron chi connectivity index (χ0n) is 13.8. The van der Waals surface area contributed by atoms with E-state index in [9.17, 15) is 4.79 Å². The first-order chi connectivity index (χ1) is 10.4. The van der Waals surface area contributed by atoms with Crippen molar-refractivity contribution in [2.75, 3.05) is 6.61 Å². The van der Waals surface area contributed by atoms with Crippen molar-refractivity contribution in [3.63, 3.8) is 0 Å². The van der Waals surface area contributed by atoms with Crippen LogP contribution in [0.2, 0.25) is 25.7 Å². The molecular formula is C17H24N2O2Si. The van der Waals surface area contributed by atoms with Crippen LogP contribution in [0, 0.1) is 6.92 Å². The summed E-state index contributed by atoms with van der Waals surface area (Å²) in [5, 5.41) is 0. The average Bonchev–Trinajstić information content (AvgIpc) is 2.79. The molecule has 22 heavy (non-hydrogen) atoms. The average molecular weight is 316 g/mol. The largest absolute Gasteiger partial charge is 0.361 e. The maximum atomic E-state index is 11.3. The van der Waals surface area contributed by atoms with Crippen LogP contribution in [0.25, 0.3) is 11.3 Å². The zero-order valence-corrected chi connectivity index (χ0v) is 14.8. The van der Waals surface area contributed by atoms with Crippen LogP contribution in [0.1, 0.15) is 16.3 Å². The summed E-state index contributed by atoms with van der Waals surface area (Å²) in [7, 11) is -1.11. The molecule has 118 valence electrons. The van der Waals surface area contributed by atoms with Crippen molar-refractivity contribution in [2.24, 2.45) is 0 Å². The maximum absolute atomic E-state index is 11.3. The maximum Gasteiger partial charge on any atom is 0.185 e. The molecule has 0 fully saturated rings. The van der Waals surface area contributed by atoms with Crippen LogP contribution >= 0.6 is 0 Å². The van der Waals surface area contributed by atoms with Gasteiger partial charge < -0.3 is 4.74 Å². The molecule has 0 atom stereocenters. The van der Waals surface area contributed by atoms with E-state index in [2.05, 4.69) is 24.6 Å². The summed E-state index contributed by atoms with van der Waals surface area (Å²) >= 11 is 0. The minimum Gasteiger partial charge on any atom is -0.361 e. The van der Waals surface area contributed by atoms with Crippen LogP contribution in [0.5, 0.6) is 0 Å². The lowest BCUT2D eigenvalue weighted by Gasteiger charge is -2.16. The number of ether oxygens (including phenoxy) is 1. The molecule has 0 N–H and O–H groups in total. The molecule has 1 aromatic heterocycles. The highest BCUT2D eigenvalue weighted by Gasteiger charge is 2.16. The van der Waals surface area contributed by atoms with Crippen molar-refractivity contribution in [3.8, 4) is 11.3 Å². The van der Waals surface area contributed by atoms with Crippen molar-refractivity contribution in [1.29, 1.82) is 0 Å². The van der Waals surface area contributed by atoms with Gasteiger partial charge in [0.25, 0.3) is 0 Å². The Kier molecular flexibility index (Phi) is 5.31. The summed E-state index contributed by atoms with van der Waals surface area (Å²) in [5.41, 5.74) is 2.85. The van der Waals surface area contributed by atoms with Gasteiger partial charge in [0.15, 0.2) is 12.1 Å². The minimum atomic E-state index is -1.11. The van der Waals surface area contributed by atoms with Gasteiger partial charge in [-0.15, -0.1) is 0 Å². The quantitative estimate of drug-likeness (QED) is 0.441. The Morgan fingerprint density at radius 3 is 2.50 bits per heavy atom.